The van der Waals surface area contributed by atoms with Gasteiger partial charge in [-0.05, 0) is 6.92 Å². The standard InChI is InChI=1S/C28H47N3O18/c1-9-19(39)22(42)23(43)28(44-9)49-25-18(31-12(4)38)27(45-14(6-33)13(5-32)29-10(2)36)47-16(8-35)24(25)48-26-17(30-11(3)37)21(41)20(40)15(7-34)46-26/h6,9,13-28,32,34-35,39-43H,5,7-8H2,1-4H3,(H,29,36)(H,30,37)(H,31,38). The van der Waals surface area contributed by atoms with Gasteiger partial charge >= 0.3 is 0 Å². The van der Waals surface area contributed by atoms with Crippen molar-refractivity contribution in [2.24, 2.45) is 0 Å². The molecule has 21 nitrogen and oxygen atoms in total. The zero-order chi connectivity index (χ0) is 36.7. The highest BCUT2D eigenvalue weighted by Gasteiger charge is 2.55. The molecular formula is C28H47N3O18. The average molecular weight is 714 g/mol. The van der Waals surface area contributed by atoms with E-state index in [1.807, 2.05) is 0 Å². The van der Waals surface area contributed by atoms with Crippen LogP contribution in [0.25, 0.3) is 0 Å². The number of hydrogen-bond donors (Lipinski definition) is 11. The molecule has 17 atom stereocenters. The van der Waals surface area contributed by atoms with Gasteiger partial charge in [0.15, 0.2) is 25.2 Å². The Morgan fingerprint density at radius 2 is 1.27 bits per heavy atom. The molecule has 3 rings (SSSR count). The third-order valence-electron chi connectivity index (χ3n) is 8.25. The zero-order valence-electron chi connectivity index (χ0n) is 27.2. The molecule has 0 aromatic carbocycles. The first-order chi connectivity index (χ1) is 23.1. The second-order valence-corrected chi connectivity index (χ2v) is 12.0. The number of aliphatic hydroxyl groups excluding tert-OH is 8. The monoisotopic (exact) mass is 713 g/mol. The molecule has 3 fully saturated rings. The molecule has 17 unspecified atom stereocenters. The summed E-state index contributed by atoms with van der Waals surface area (Å²) in [7, 11) is 0. The predicted molar refractivity (Wildman–Crippen MR) is 156 cm³/mol. The van der Waals surface area contributed by atoms with Gasteiger partial charge in [0.2, 0.25) is 17.7 Å². The number of rotatable bonds is 14. The van der Waals surface area contributed by atoms with E-state index in [4.69, 9.17) is 28.4 Å². The van der Waals surface area contributed by atoms with Crippen molar-refractivity contribution in [1.29, 1.82) is 0 Å². The summed E-state index contributed by atoms with van der Waals surface area (Å²) in [6, 6.07) is -4.37. The van der Waals surface area contributed by atoms with Crippen molar-refractivity contribution >= 4 is 24.0 Å². The van der Waals surface area contributed by atoms with Crippen LogP contribution in [0.2, 0.25) is 0 Å². The summed E-state index contributed by atoms with van der Waals surface area (Å²) in [6.07, 6.45) is -22.7. The van der Waals surface area contributed by atoms with Crippen LogP contribution in [-0.4, -0.2) is 189 Å². The third-order valence-corrected chi connectivity index (χ3v) is 8.25. The predicted octanol–water partition coefficient (Wildman–Crippen LogP) is -7.17. The van der Waals surface area contributed by atoms with E-state index in [1.165, 1.54) is 6.92 Å². The highest BCUT2D eigenvalue weighted by molar-refractivity contribution is 5.74. The topological polar surface area (TPSA) is 322 Å². The number of carbonyl (C=O) groups excluding carboxylic acids is 4. The Kier molecular flexibility index (Phi) is 15.2. The van der Waals surface area contributed by atoms with Crippen LogP contribution < -0.4 is 16.0 Å². The molecule has 0 saturated carbocycles. The minimum Gasteiger partial charge on any atom is -0.394 e. The molecule has 0 bridgehead atoms. The first-order valence-electron chi connectivity index (χ1n) is 15.5. The maximum absolute atomic E-state index is 12.5. The largest absolute Gasteiger partial charge is 0.394 e. The highest BCUT2D eigenvalue weighted by Crippen LogP contribution is 2.34. The molecule has 0 aromatic heterocycles. The first-order valence-corrected chi connectivity index (χ1v) is 15.5. The summed E-state index contributed by atoms with van der Waals surface area (Å²) >= 11 is 0. The van der Waals surface area contributed by atoms with E-state index in [0.29, 0.717) is 0 Å². The van der Waals surface area contributed by atoms with Gasteiger partial charge in [0, 0.05) is 20.8 Å². The molecule has 0 radical (unpaired) electrons. The van der Waals surface area contributed by atoms with E-state index in [9.17, 15) is 60.0 Å². The first kappa shape index (κ1) is 40.9. The van der Waals surface area contributed by atoms with Crippen LogP contribution in [0, 0.1) is 0 Å². The van der Waals surface area contributed by atoms with Crippen LogP contribution in [0.4, 0.5) is 0 Å². The van der Waals surface area contributed by atoms with E-state index in [-0.39, 0.29) is 6.29 Å². The number of nitrogens with one attached hydrogen (secondary N) is 3. The molecule has 3 saturated heterocycles. The number of ether oxygens (including phenoxy) is 6. The van der Waals surface area contributed by atoms with Crippen LogP contribution in [0.5, 0.6) is 0 Å². The molecule has 0 aliphatic carbocycles. The van der Waals surface area contributed by atoms with Crippen LogP contribution in [0.3, 0.4) is 0 Å². The Morgan fingerprint density at radius 3 is 1.80 bits per heavy atom. The van der Waals surface area contributed by atoms with Crippen molar-refractivity contribution in [3.8, 4) is 0 Å². The van der Waals surface area contributed by atoms with Crippen molar-refractivity contribution in [3.63, 3.8) is 0 Å². The second kappa shape index (κ2) is 18.1. The lowest BCUT2D eigenvalue weighted by Crippen LogP contribution is -2.71. The van der Waals surface area contributed by atoms with Gasteiger partial charge in [-0.3, -0.25) is 14.4 Å². The minimum atomic E-state index is -1.91. The molecule has 11 N–H and O–H groups in total. The Bertz CT molecular complexity index is 1120. The van der Waals surface area contributed by atoms with Crippen molar-refractivity contribution in [2.75, 3.05) is 19.8 Å². The fraction of sp³-hybridized carbons (Fsp3) is 0.857. The molecular weight excluding hydrogens is 666 g/mol. The van der Waals surface area contributed by atoms with Crippen molar-refractivity contribution in [1.82, 2.24) is 16.0 Å². The number of amides is 3. The summed E-state index contributed by atoms with van der Waals surface area (Å²) in [5, 5.41) is 90.1. The summed E-state index contributed by atoms with van der Waals surface area (Å²) in [6.45, 7) is 2.17. The fourth-order valence-electron chi connectivity index (χ4n) is 5.77. The van der Waals surface area contributed by atoms with Gasteiger partial charge in [-0.15, -0.1) is 0 Å². The normalized spacial score (nSPS) is 40.9. The van der Waals surface area contributed by atoms with Gasteiger partial charge in [-0.25, -0.2) is 0 Å². The van der Waals surface area contributed by atoms with E-state index in [1.54, 1.807) is 0 Å². The van der Waals surface area contributed by atoms with Gasteiger partial charge in [-0.2, -0.15) is 0 Å². The zero-order valence-corrected chi connectivity index (χ0v) is 27.2. The Balaban J connectivity index is 2.11. The third kappa shape index (κ3) is 9.86. The summed E-state index contributed by atoms with van der Waals surface area (Å²) in [4.78, 5) is 48.4. The van der Waals surface area contributed by atoms with Gasteiger partial charge in [0.1, 0.15) is 73.1 Å². The molecule has 3 amide bonds. The molecule has 0 aromatic rings. The van der Waals surface area contributed by atoms with Crippen molar-refractivity contribution < 1.29 is 88.5 Å². The van der Waals surface area contributed by atoms with Crippen molar-refractivity contribution in [2.45, 2.75) is 132 Å². The quantitative estimate of drug-likeness (QED) is 0.0745. The van der Waals surface area contributed by atoms with E-state index >= 15 is 0 Å². The SMILES string of the molecule is CC(=O)NC(CO)C(C=O)OC1OC(CO)C(OC2OC(CO)C(O)C(O)C2NC(C)=O)C(OC2OC(C)C(O)C(O)C2O)C1NC(C)=O. The highest BCUT2D eigenvalue weighted by atomic mass is 16.8. The van der Waals surface area contributed by atoms with Crippen LogP contribution >= 0.6 is 0 Å². The van der Waals surface area contributed by atoms with E-state index < -0.39 is 142 Å². The summed E-state index contributed by atoms with van der Waals surface area (Å²) in [5.74, 6) is -2.06. The molecule has 3 aliphatic rings. The number of aliphatic hydroxyl groups is 8. The maximum atomic E-state index is 12.5. The van der Waals surface area contributed by atoms with Crippen LogP contribution in [-0.2, 0) is 47.6 Å². The van der Waals surface area contributed by atoms with Gasteiger partial charge in [0.25, 0.3) is 0 Å². The Morgan fingerprint density at radius 1 is 0.694 bits per heavy atom. The molecule has 282 valence electrons. The lowest BCUT2D eigenvalue weighted by molar-refractivity contribution is -0.367. The number of carbonyl (C=O) groups is 4. The summed E-state index contributed by atoms with van der Waals surface area (Å²) in [5.41, 5.74) is 0. The number of aldehydes is 1. The summed E-state index contributed by atoms with van der Waals surface area (Å²) < 4.78 is 35.2. The molecule has 49 heavy (non-hydrogen) atoms. The van der Waals surface area contributed by atoms with Crippen molar-refractivity contribution in [3.05, 3.63) is 0 Å². The molecule has 3 heterocycles. The maximum Gasteiger partial charge on any atom is 0.217 e. The lowest BCUT2D eigenvalue weighted by Gasteiger charge is -2.51. The number of hydrogen-bond acceptors (Lipinski definition) is 18. The van der Waals surface area contributed by atoms with Crippen LogP contribution in [0.15, 0.2) is 0 Å². The van der Waals surface area contributed by atoms with Gasteiger partial charge in [-0.1, -0.05) is 0 Å². The van der Waals surface area contributed by atoms with Crippen LogP contribution in [0.1, 0.15) is 27.7 Å². The van der Waals surface area contributed by atoms with E-state index in [0.717, 1.165) is 20.8 Å². The van der Waals surface area contributed by atoms with Gasteiger partial charge in [0.05, 0.1) is 32.0 Å². The molecule has 21 heteroatoms. The Hall–Kier alpha value is -2.48. The molecule has 3 aliphatic heterocycles. The minimum absolute atomic E-state index is 0.237. The Labute approximate surface area is 280 Å². The smallest absolute Gasteiger partial charge is 0.217 e. The van der Waals surface area contributed by atoms with E-state index in [2.05, 4.69) is 16.0 Å². The molecule has 0 spiro atoms. The average Bonchev–Trinajstić information content (AvgIpc) is 3.04. The lowest BCUT2D eigenvalue weighted by atomic mass is 9.93. The van der Waals surface area contributed by atoms with Gasteiger partial charge < -0.3 is 90.0 Å². The fourth-order valence-corrected chi connectivity index (χ4v) is 5.77. The second-order valence-electron chi connectivity index (χ2n) is 12.0.